The van der Waals surface area contributed by atoms with Gasteiger partial charge >= 0.3 is 0 Å². The Labute approximate surface area is 135 Å². The summed E-state index contributed by atoms with van der Waals surface area (Å²) in [5, 5.41) is 2.85. The average Bonchev–Trinajstić information content (AvgIpc) is 2.51. The van der Waals surface area contributed by atoms with Crippen molar-refractivity contribution < 1.29 is 9.53 Å². The van der Waals surface area contributed by atoms with Crippen molar-refractivity contribution in [1.29, 1.82) is 0 Å². The van der Waals surface area contributed by atoms with Gasteiger partial charge in [0.05, 0.1) is 29.2 Å². The Morgan fingerprint density at radius 2 is 1.87 bits per heavy atom. The van der Waals surface area contributed by atoms with Gasteiger partial charge in [0.15, 0.2) is 0 Å². The zero-order valence-corrected chi connectivity index (χ0v) is 14.0. The molecule has 0 aliphatic heterocycles. The maximum absolute atomic E-state index is 12.3. The van der Waals surface area contributed by atoms with E-state index < -0.39 is 0 Å². The smallest absolute Gasteiger partial charge is 0.257 e. The lowest BCUT2D eigenvalue weighted by Gasteiger charge is -2.15. The molecule has 0 bridgehead atoms. The van der Waals surface area contributed by atoms with E-state index in [0.29, 0.717) is 41.1 Å². The summed E-state index contributed by atoms with van der Waals surface area (Å²) in [4.78, 5) is 27.0. The van der Waals surface area contributed by atoms with E-state index in [1.165, 1.54) is 6.20 Å². The first-order chi connectivity index (χ1) is 10.9. The zero-order chi connectivity index (χ0) is 17.0. The molecule has 122 valence electrons. The second-order valence-electron chi connectivity index (χ2n) is 5.24. The summed E-state index contributed by atoms with van der Waals surface area (Å²) in [7, 11) is 3.75. The largest absolute Gasteiger partial charge is 0.478 e. The Hall–Kier alpha value is -2.70. The molecule has 0 spiro atoms. The molecule has 0 fully saturated rings. The number of carbonyl (C=O) groups is 1. The summed E-state index contributed by atoms with van der Waals surface area (Å²) < 4.78 is 5.27. The Morgan fingerprint density at radius 1 is 1.22 bits per heavy atom. The molecule has 0 saturated heterocycles. The van der Waals surface area contributed by atoms with E-state index in [-0.39, 0.29) is 5.91 Å². The minimum atomic E-state index is -0.257. The van der Waals surface area contributed by atoms with Crippen LogP contribution in [-0.2, 0) is 0 Å². The molecule has 0 saturated carbocycles. The molecule has 2 heterocycles. The van der Waals surface area contributed by atoms with Crippen molar-refractivity contribution in [1.82, 2.24) is 15.0 Å². The monoisotopic (exact) mass is 315 g/mol. The van der Waals surface area contributed by atoms with E-state index in [1.807, 2.05) is 39.8 Å². The van der Waals surface area contributed by atoms with Gasteiger partial charge in [0.2, 0.25) is 11.8 Å². The highest BCUT2D eigenvalue weighted by molar-refractivity contribution is 6.04. The van der Waals surface area contributed by atoms with Crippen LogP contribution in [0.4, 0.5) is 11.6 Å². The molecule has 2 aromatic heterocycles. The van der Waals surface area contributed by atoms with Crippen molar-refractivity contribution in [3.8, 4) is 5.88 Å². The van der Waals surface area contributed by atoms with Crippen LogP contribution in [0.2, 0.25) is 0 Å². The van der Waals surface area contributed by atoms with Crippen LogP contribution in [0.25, 0.3) is 0 Å². The predicted octanol–water partition coefficient (Wildman–Crippen LogP) is 2.21. The lowest BCUT2D eigenvalue weighted by molar-refractivity contribution is 0.102. The molecule has 23 heavy (non-hydrogen) atoms. The number of amides is 1. The van der Waals surface area contributed by atoms with Crippen molar-refractivity contribution in [3.63, 3.8) is 0 Å². The molecule has 0 aliphatic carbocycles. The van der Waals surface area contributed by atoms with E-state index in [0.717, 1.165) is 0 Å². The molecule has 2 aromatic rings. The van der Waals surface area contributed by atoms with Gasteiger partial charge in [0.25, 0.3) is 5.91 Å². The molecule has 7 nitrogen and oxygen atoms in total. The SMILES string of the molecule is CCOc1ccc(C(=O)Nc2c(C)nc(N(C)C)nc2C)cn1. The summed E-state index contributed by atoms with van der Waals surface area (Å²) >= 11 is 0. The third-order valence-corrected chi connectivity index (χ3v) is 3.19. The number of rotatable bonds is 5. The lowest BCUT2D eigenvalue weighted by atomic mass is 10.2. The van der Waals surface area contributed by atoms with Crippen molar-refractivity contribution in [2.24, 2.45) is 0 Å². The Bertz CT molecular complexity index is 675. The highest BCUT2D eigenvalue weighted by Gasteiger charge is 2.14. The number of pyridine rings is 1. The minimum absolute atomic E-state index is 0.257. The van der Waals surface area contributed by atoms with Gasteiger partial charge in [-0.1, -0.05) is 0 Å². The fraction of sp³-hybridized carbons (Fsp3) is 0.375. The number of aromatic nitrogens is 3. The van der Waals surface area contributed by atoms with Crippen LogP contribution in [0.15, 0.2) is 18.3 Å². The number of aryl methyl sites for hydroxylation is 2. The standard InChI is InChI=1S/C16H21N5O2/c1-6-23-13-8-7-12(9-17-13)15(22)20-14-10(2)18-16(21(4)5)19-11(14)3/h7-9H,6H2,1-5H3,(H,20,22). The molecule has 1 N–H and O–H groups in total. The Kier molecular flexibility index (Phi) is 5.10. The average molecular weight is 315 g/mol. The topological polar surface area (TPSA) is 80.2 Å². The normalized spacial score (nSPS) is 10.3. The quantitative estimate of drug-likeness (QED) is 0.911. The van der Waals surface area contributed by atoms with Crippen LogP contribution in [-0.4, -0.2) is 41.6 Å². The highest BCUT2D eigenvalue weighted by atomic mass is 16.5. The van der Waals surface area contributed by atoms with Gasteiger partial charge < -0.3 is 15.0 Å². The summed E-state index contributed by atoms with van der Waals surface area (Å²) in [6.45, 7) is 6.10. The van der Waals surface area contributed by atoms with Crippen LogP contribution in [0.3, 0.4) is 0 Å². The number of hydrogen-bond acceptors (Lipinski definition) is 6. The molecule has 0 aromatic carbocycles. The fourth-order valence-electron chi connectivity index (χ4n) is 2.01. The van der Waals surface area contributed by atoms with Crippen LogP contribution >= 0.6 is 0 Å². The molecular formula is C16H21N5O2. The van der Waals surface area contributed by atoms with E-state index in [2.05, 4.69) is 20.3 Å². The van der Waals surface area contributed by atoms with Crippen LogP contribution in [0.1, 0.15) is 28.7 Å². The van der Waals surface area contributed by atoms with Gasteiger partial charge in [-0.2, -0.15) is 0 Å². The minimum Gasteiger partial charge on any atom is -0.478 e. The second kappa shape index (κ2) is 7.04. The molecule has 7 heteroatoms. The summed E-state index contributed by atoms with van der Waals surface area (Å²) in [6, 6.07) is 3.34. The summed E-state index contributed by atoms with van der Waals surface area (Å²) in [6.07, 6.45) is 1.49. The predicted molar refractivity (Wildman–Crippen MR) is 89.2 cm³/mol. The van der Waals surface area contributed by atoms with Gasteiger partial charge in [-0.3, -0.25) is 4.79 Å². The van der Waals surface area contributed by atoms with Crippen molar-refractivity contribution in [2.45, 2.75) is 20.8 Å². The van der Waals surface area contributed by atoms with Gasteiger partial charge in [-0.15, -0.1) is 0 Å². The number of hydrogen-bond donors (Lipinski definition) is 1. The highest BCUT2D eigenvalue weighted by Crippen LogP contribution is 2.20. The van der Waals surface area contributed by atoms with Crippen LogP contribution in [0, 0.1) is 13.8 Å². The first-order valence-corrected chi connectivity index (χ1v) is 7.35. The van der Waals surface area contributed by atoms with Crippen molar-refractivity contribution >= 4 is 17.5 Å². The zero-order valence-electron chi connectivity index (χ0n) is 14.0. The van der Waals surface area contributed by atoms with Gasteiger partial charge in [0, 0.05) is 26.4 Å². The summed E-state index contributed by atoms with van der Waals surface area (Å²) in [5.74, 6) is 0.851. The van der Waals surface area contributed by atoms with Gasteiger partial charge in [-0.05, 0) is 26.8 Å². The lowest BCUT2D eigenvalue weighted by Crippen LogP contribution is -2.18. The van der Waals surface area contributed by atoms with Crippen molar-refractivity contribution in [3.05, 3.63) is 35.3 Å². The van der Waals surface area contributed by atoms with Gasteiger partial charge in [0.1, 0.15) is 0 Å². The maximum Gasteiger partial charge on any atom is 0.257 e. The molecule has 2 rings (SSSR count). The first kappa shape index (κ1) is 16.7. The molecular weight excluding hydrogens is 294 g/mol. The van der Waals surface area contributed by atoms with E-state index in [1.54, 1.807) is 12.1 Å². The maximum atomic E-state index is 12.3. The first-order valence-electron chi connectivity index (χ1n) is 7.35. The number of nitrogens with zero attached hydrogens (tertiary/aromatic N) is 4. The summed E-state index contributed by atoms with van der Waals surface area (Å²) in [5.41, 5.74) is 2.50. The van der Waals surface area contributed by atoms with Crippen LogP contribution in [0.5, 0.6) is 5.88 Å². The molecule has 0 aliphatic rings. The molecule has 1 amide bonds. The fourth-order valence-corrected chi connectivity index (χ4v) is 2.01. The molecule has 0 atom stereocenters. The number of ether oxygens (including phenoxy) is 1. The number of anilines is 2. The number of nitrogens with one attached hydrogen (secondary N) is 1. The van der Waals surface area contributed by atoms with Gasteiger partial charge in [-0.25, -0.2) is 15.0 Å². The third-order valence-electron chi connectivity index (χ3n) is 3.19. The Balaban J connectivity index is 2.20. The Morgan fingerprint density at radius 3 is 2.35 bits per heavy atom. The van der Waals surface area contributed by atoms with E-state index >= 15 is 0 Å². The van der Waals surface area contributed by atoms with E-state index in [4.69, 9.17) is 4.74 Å². The van der Waals surface area contributed by atoms with E-state index in [9.17, 15) is 4.79 Å². The van der Waals surface area contributed by atoms with Crippen molar-refractivity contribution in [2.75, 3.05) is 30.9 Å². The second-order valence-corrected chi connectivity index (χ2v) is 5.24. The third kappa shape index (κ3) is 3.94. The number of carbonyl (C=O) groups excluding carboxylic acids is 1. The molecule has 0 unspecified atom stereocenters. The van der Waals surface area contributed by atoms with Crippen LogP contribution < -0.4 is 15.0 Å². The molecule has 0 radical (unpaired) electrons.